The smallest absolute Gasteiger partial charge is 0.258 e. The second kappa shape index (κ2) is 7.72. The van der Waals surface area contributed by atoms with Gasteiger partial charge in [0.05, 0.1) is 12.8 Å². The van der Waals surface area contributed by atoms with Crippen molar-refractivity contribution in [1.82, 2.24) is 0 Å². The van der Waals surface area contributed by atoms with Crippen LogP contribution in [0.4, 0.5) is 10.1 Å². The Bertz CT molecular complexity index is 1000. The third-order valence-corrected chi connectivity index (χ3v) is 4.85. The standard InChI is InChI=1S/C23H20FNO3/c1-27-18-7-9-20-17(13-18)11-12-25(23(20)26)22-10-8-19(14-21(22)24)28-15-16-5-3-2-4-6-16/h2-10,13-14H,11-12,15H2,1H3. The second-order valence-corrected chi connectivity index (χ2v) is 6.62. The number of rotatable bonds is 5. The molecule has 1 aliphatic rings. The molecule has 1 aliphatic heterocycles. The Morgan fingerprint density at radius 1 is 1.00 bits per heavy atom. The first-order valence-corrected chi connectivity index (χ1v) is 9.11. The average molecular weight is 377 g/mol. The molecule has 5 heteroatoms. The van der Waals surface area contributed by atoms with Gasteiger partial charge < -0.3 is 14.4 Å². The Morgan fingerprint density at radius 2 is 1.79 bits per heavy atom. The predicted molar refractivity (Wildman–Crippen MR) is 106 cm³/mol. The minimum absolute atomic E-state index is 0.208. The van der Waals surface area contributed by atoms with Crippen LogP contribution in [-0.2, 0) is 13.0 Å². The fourth-order valence-corrected chi connectivity index (χ4v) is 3.36. The van der Waals surface area contributed by atoms with Crippen molar-refractivity contribution in [3.05, 3.63) is 89.2 Å². The van der Waals surface area contributed by atoms with Crippen LogP contribution in [0.2, 0.25) is 0 Å². The zero-order valence-corrected chi connectivity index (χ0v) is 15.5. The van der Waals surface area contributed by atoms with Crippen molar-refractivity contribution >= 4 is 11.6 Å². The number of benzene rings is 3. The summed E-state index contributed by atoms with van der Waals surface area (Å²) in [6.07, 6.45) is 0.643. The Morgan fingerprint density at radius 3 is 2.54 bits per heavy atom. The van der Waals surface area contributed by atoms with Crippen molar-refractivity contribution in [2.75, 3.05) is 18.6 Å². The molecule has 0 saturated heterocycles. The summed E-state index contributed by atoms with van der Waals surface area (Å²) in [5.41, 5.74) is 2.77. The van der Waals surface area contributed by atoms with Crippen molar-refractivity contribution < 1.29 is 18.7 Å². The number of halogens is 1. The molecular formula is C23H20FNO3. The molecule has 0 aliphatic carbocycles. The van der Waals surface area contributed by atoms with Crippen LogP contribution in [0.15, 0.2) is 66.7 Å². The number of fused-ring (bicyclic) bond motifs is 1. The molecule has 0 fully saturated rings. The van der Waals surface area contributed by atoms with Crippen LogP contribution in [0.25, 0.3) is 0 Å². The highest BCUT2D eigenvalue weighted by Gasteiger charge is 2.27. The van der Waals surface area contributed by atoms with Gasteiger partial charge in [-0.15, -0.1) is 0 Å². The summed E-state index contributed by atoms with van der Waals surface area (Å²) in [4.78, 5) is 14.3. The normalized spacial score (nSPS) is 13.2. The Kier molecular flexibility index (Phi) is 4.98. The van der Waals surface area contributed by atoms with Gasteiger partial charge in [0.15, 0.2) is 5.82 Å². The van der Waals surface area contributed by atoms with E-state index in [-0.39, 0.29) is 11.6 Å². The molecule has 1 amide bonds. The zero-order valence-electron chi connectivity index (χ0n) is 15.5. The monoisotopic (exact) mass is 377 g/mol. The molecular weight excluding hydrogens is 357 g/mol. The summed E-state index contributed by atoms with van der Waals surface area (Å²) in [6.45, 7) is 0.775. The lowest BCUT2D eigenvalue weighted by molar-refractivity contribution is 0.0979. The van der Waals surface area contributed by atoms with Crippen molar-refractivity contribution in [3.63, 3.8) is 0 Å². The highest BCUT2D eigenvalue weighted by Crippen LogP contribution is 2.30. The van der Waals surface area contributed by atoms with Gasteiger partial charge >= 0.3 is 0 Å². The molecule has 0 N–H and O–H groups in total. The van der Waals surface area contributed by atoms with Gasteiger partial charge in [0.25, 0.3) is 5.91 Å². The summed E-state index contributed by atoms with van der Waals surface area (Å²) in [7, 11) is 1.59. The van der Waals surface area contributed by atoms with Crippen LogP contribution >= 0.6 is 0 Å². The predicted octanol–water partition coefficient (Wildman–Crippen LogP) is 4.62. The van der Waals surface area contributed by atoms with Crippen LogP contribution in [0, 0.1) is 5.82 Å². The van der Waals surface area contributed by atoms with Crippen LogP contribution in [0.5, 0.6) is 11.5 Å². The van der Waals surface area contributed by atoms with Crippen LogP contribution in [0.3, 0.4) is 0 Å². The summed E-state index contributed by atoms with van der Waals surface area (Å²) >= 11 is 0. The average Bonchev–Trinajstić information content (AvgIpc) is 2.73. The fraction of sp³-hybridized carbons (Fsp3) is 0.174. The van der Waals surface area contributed by atoms with Gasteiger partial charge in [-0.05, 0) is 47.9 Å². The van der Waals surface area contributed by atoms with Gasteiger partial charge in [-0.3, -0.25) is 4.79 Å². The molecule has 0 bridgehead atoms. The van der Waals surface area contributed by atoms with Crippen molar-refractivity contribution in [3.8, 4) is 11.5 Å². The SMILES string of the molecule is COc1ccc2c(c1)CCN(c1ccc(OCc3ccccc3)cc1F)C2=O. The van der Waals surface area contributed by atoms with Crippen molar-refractivity contribution in [2.45, 2.75) is 13.0 Å². The first kappa shape index (κ1) is 18.0. The maximum Gasteiger partial charge on any atom is 0.258 e. The molecule has 28 heavy (non-hydrogen) atoms. The number of hydrogen-bond acceptors (Lipinski definition) is 3. The topological polar surface area (TPSA) is 38.8 Å². The van der Waals surface area contributed by atoms with E-state index in [1.165, 1.54) is 11.0 Å². The molecule has 0 radical (unpaired) electrons. The van der Waals surface area contributed by atoms with E-state index in [4.69, 9.17) is 9.47 Å². The summed E-state index contributed by atoms with van der Waals surface area (Å²) in [5, 5.41) is 0. The minimum Gasteiger partial charge on any atom is -0.497 e. The third-order valence-electron chi connectivity index (χ3n) is 4.85. The van der Waals surface area contributed by atoms with E-state index in [1.54, 1.807) is 31.4 Å². The molecule has 0 saturated carbocycles. The fourth-order valence-electron chi connectivity index (χ4n) is 3.36. The largest absolute Gasteiger partial charge is 0.497 e. The minimum atomic E-state index is -0.476. The van der Waals surface area contributed by atoms with Gasteiger partial charge in [0, 0.05) is 18.2 Å². The molecule has 0 atom stereocenters. The summed E-state index contributed by atoms with van der Waals surface area (Å²) in [5.74, 6) is 0.461. The van der Waals surface area contributed by atoms with Crippen molar-refractivity contribution in [1.29, 1.82) is 0 Å². The quantitative estimate of drug-likeness (QED) is 0.651. The Balaban J connectivity index is 1.52. The lowest BCUT2D eigenvalue weighted by Crippen LogP contribution is -2.38. The molecule has 142 valence electrons. The van der Waals surface area contributed by atoms with E-state index in [0.29, 0.717) is 36.6 Å². The van der Waals surface area contributed by atoms with Gasteiger partial charge in [-0.25, -0.2) is 4.39 Å². The maximum absolute atomic E-state index is 14.7. The molecule has 1 heterocycles. The van der Waals surface area contributed by atoms with Crippen LogP contribution < -0.4 is 14.4 Å². The van der Waals surface area contributed by atoms with E-state index in [1.807, 2.05) is 36.4 Å². The van der Waals surface area contributed by atoms with E-state index in [9.17, 15) is 9.18 Å². The molecule has 0 unspecified atom stereocenters. The summed E-state index contributed by atoms with van der Waals surface area (Å²) in [6, 6.07) is 19.6. The van der Waals surface area contributed by atoms with E-state index >= 15 is 0 Å². The number of hydrogen-bond donors (Lipinski definition) is 0. The first-order chi connectivity index (χ1) is 13.7. The van der Waals surface area contributed by atoms with E-state index in [0.717, 1.165) is 11.1 Å². The highest BCUT2D eigenvalue weighted by atomic mass is 19.1. The lowest BCUT2D eigenvalue weighted by atomic mass is 9.98. The number of ether oxygens (including phenoxy) is 2. The van der Waals surface area contributed by atoms with Crippen LogP contribution in [-0.4, -0.2) is 19.6 Å². The first-order valence-electron chi connectivity index (χ1n) is 9.11. The third kappa shape index (κ3) is 3.56. The Hall–Kier alpha value is -3.34. The number of carbonyl (C=O) groups is 1. The number of methoxy groups -OCH3 is 1. The number of nitrogens with zero attached hydrogens (tertiary/aromatic N) is 1. The molecule has 0 aromatic heterocycles. The maximum atomic E-state index is 14.7. The zero-order chi connectivity index (χ0) is 19.5. The molecule has 0 spiro atoms. The lowest BCUT2D eigenvalue weighted by Gasteiger charge is -2.29. The van der Waals surface area contributed by atoms with Gasteiger partial charge in [0.1, 0.15) is 18.1 Å². The second-order valence-electron chi connectivity index (χ2n) is 6.62. The van der Waals surface area contributed by atoms with Gasteiger partial charge in [-0.1, -0.05) is 30.3 Å². The molecule has 3 aromatic carbocycles. The number of amides is 1. The van der Waals surface area contributed by atoms with Crippen LogP contribution in [0.1, 0.15) is 21.5 Å². The number of anilines is 1. The molecule has 4 rings (SSSR count). The number of carbonyl (C=O) groups excluding carboxylic acids is 1. The Labute approximate surface area is 163 Å². The molecule has 4 nitrogen and oxygen atoms in total. The molecule has 3 aromatic rings. The van der Waals surface area contributed by atoms with Gasteiger partial charge in [0.2, 0.25) is 0 Å². The van der Waals surface area contributed by atoms with Crippen molar-refractivity contribution in [2.24, 2.45) is 0 Å². The van der Waals surface area contributed by atoms with Gasteiger partial charge in [-0.2, -0.15) is 0 Å². The van der Waals surface area contributed by atoms with E-state index in [2.05, 4.69) is 0 Å². The highest BCUT2D eigenvalue weighted by molar-refractivity contribution is 6.08. The van der Waals surface area contributed by atoms with E-state index < -0.39 is 5.82 Å². The summed E-state index contributed by atoms with van der Waals surface area (Å²) < 4.78 is 25.6.